The van der Waals surface area contributed by atoms with Gasteiger partial charge in [-0.25, -0.2) is 4.98 Å². The SMILES string of the molecule is CCCSc1cc(C#N)c2ccccc2n1. The molecule has 0 unspecified atom stereocenters. The van der Waals surface area contributed by atoms with Crippen molar-refractivity contribution >= 4 is 22.7 Å². The number of aromatic nitrogens is 1. The standard InChI is InChI=1S/C13H12N2S/c1-2-7-16-13-8-10(9-14)11-5-3-4-6-12(11)15-13/h3-6,8H,2,7H2,1H3. The Kier molecular flexibility index (Phi) is 3.43. The van der Waals surface area contributed by atoms with Gasteiger partial charge in [-0.2, -0.15) is 5.26 Å². The number of nitrogens with zero attached hydrogens (tertiary/aromatic N) is 2. The normalized spacial score (nSPS) is 10.2. The summed E-state index contributed by atoms with van der Waals surface area (Å²) in [5.74, 6) is 1.04. The van der Waals surface area contributed by atoms with Gasteiger partial charge in [-0.1, -0.05) is 25.1 Å². The lowest BCUT2D eigenvalue weighted by Crippen LogP contribution is -1.88. The summed E-state index contributed by atoms with van der Waals surface area (Å²) in [7, 11) is 0. The van der Waals surface area contributed by atoms with Crippen LogP contribution in [0.25, 0.3) is 10.9 Å². The van der Waals surface area contributed by atoms with Crippen LogP contribution in [-0.2, 0) is 0 Å². The Morgan fingerprint density at radius 2 is 2.19 bits per heavy atom. The Morgan fingerprint density at radius 1 is 1.38 bits per heavy atom. The zero-order valence-electron chi connectivity index (χ0n) is 9.10. The fourth-order valence-corrected chi connectivity index (χ4v) is 2.30. The van der Waals surface area contributed by atoms with Gasteiger partial charge in [0.25, 0.3) is 0 Å². The zero-order valence-corrected chi connectivity index (χ0v) is 9.92. The van der Waals surface area contributed by atoms with Gasteiger partial charge in [0, 0.05) is 5.39 Å². The minimum absolute atomic E-state index is 0.712. The zero-order chi connectivity index (χ0) is 11.4. The van der Waals surface area contributed by atoms with Crippen molar-refractivity contribution in [1.82, 2.24) is 4.98 Å². The molecule has 0 radical (unpaired) electrons. The number of hydrogen-bond donors (Lipinski definition) is 0. The van der Waals surface area contributed by atoms with Gasteiger partial charge in [-0.3, -0.25) is 0 Å². The van der Waals surface area contributed by atoms with Gasteiger partial charge in [0.15, 0.2) is 0 Å². The van der Waals surface area contributed by atoms with Gasteiger partial charge in [0.1, 0.15) is 0 Å². The molecule has 16 heavy (non-hydrogen) atoms. The Labute approximate surface area is 99.3 Å². The molecule has 0 aliphatic heterocycles. The topological polar surface area (TPSA) is 36.7 Å². The molecule has 80 valence electrons. The highest BCUT2D eigenvalue weighted by Gasteiger charge is 2.04. The Morgan fingerprint density at radius 3 is 2.94 bits per heavy atom. The van der Waals surface area contributed by atoms with Crippen molar-refractivity contribution in [2.24, 2.45) is 0 Å². The number of fused-ring (bicyclic) bond motifs is 1. The molecule has 1 aromatic carbocycles. The molecule has 0 spiro atoms. The summed E-state index contributed by atoms with van der Waals surface area (Å²) < 4.78 is 0. The first kappa shape index (κ1) is 11.0. The molecule has 0 saturated carbocycles. The largest absolute Gasteiger partial charge is 0.241 e. The van der Waals surface area contributed by atoms with E-state index in [0.29, 0.717) is 5.56 Å². The van der Waals surface area contributed by atoms with Crippen LogP contribution in [0.15, 0.2) is 35.4 Å². The van der Waals surface area contributed by atoms with Crippen LogP contribution >= 0.6 is 11.8 Å². The van der Waals surface area contributed by atoms with Crippen molar-refractivity contribution in [2.75, 3.05) is 5.75 Å². The number of thioether (sulfide) groups is 1. The second-order valence-corrected chi connectivity index (χ2v) is 4.60. The van der Waals surface area contributed by atoms with E-state index >= 15 is 0 Å². The van der Waals surface area contributed by atoms with E-state index in [-0.39, 0.29) is 0 Å². The first-order chi connectivity index (χ1) is 7.85. The smallest absolute Gasteiger partial charge is 0.0999 e. The van der Waals surface area contributed by atoms with Crippen LogP contribution in [0.5, 0.6) is 0 Å². The molecule has 0 amide bonds. The minimum atomic E-state index is 0.712. The first-order valence-corrected chi connectivity index (χ1v) is 6.26. The van der Waals surface area contributed by atoms with Gasteiger partial charge in [-0.05, 0) is 24.3 Å². The third-order valence-corrected chi connectivity index (χ3v) is 3.38. The Balaban J connectivity index is 2.51. The summed E-state index contributed by atoms with van der Waals surface area (Å²) in [6, 6.07) is 11.9. The average Bonchev–Trinajstić information content (AvgIpc) is 2.35. The molecule has 0 atom stereocenters. The molecular formula is C13H12N2S. The molecule has 0 bridgehead atoms. The quantitative estimate of drug-likeness (QED) is 0.753. The van der Waals surface area contributed by atoms with Crippen LogP contribution in [-0.4, -0.2) is 10.7 Å². The lowest BCUT2D eigenvalue weighted by atomic mass is 10.1. The van der Waals surface area contributed by atoms with E-state index in [1.165, 1.54) is 0 Å². The van der Waals surface area contributed by atoms with Gasteiger partial charge in [0.05, 0.1) is 22.2 Å². The third kappa shape index (κ3) is 2.17. The summed E-state index contributed by atoms with van der Waals surface area (Å²) in [5.41, 5.74) is 1.62. The monoisotopic (exact) mass is 228 g/mol. The van der Waals surface area contributed by atoms with Crippen molar-refractivity contribution in [3.63, 3.8) is 0 Å². The number of pyridine rings is 1. The molecule has 2 aromatic rings. The fraction of sp³-hybridized carbons (Fsp3) is 0.231. The van der Waals surface area contributed by atoms with Crippen molar-refractivity contribution < 1.29 is 0 Å². The third-order valence-electron chi connectivity index (χ3n) is 2.27. The maximum atomic E-state index is 9.10. The number of hydrogen-bond acceptors (Lipinski definition) is 3. The Hall–Kier alpha value is -1.53. The van der Waals surface area contributed by atoms with Crippen LogP contribution in [0.1, 0.15) is 18.9 Å². The molecule has 0 fully saturated rings. The number of nitriles is 1. The van der Waals surface area contributed by atoms with Gasteiger partial charge in [-0.15, -0.1) is 11.8 Å². The number of para-hydroxylation sites is 1. The lowest BCUT2D eigenvalue weighted by molar-refractivity contribution is 1.09. The van der Waals surface area contributed by atoms with Gasteiger partial charge < -0.3 is 0 Å². The van der Waals surface area contributed by atoms with Crippen LogP contribution < -0.4 is 0 Å². The fourth-order valence-electron chi connectivity index (χ4n) is 1.52. The van der Waals surface area contributed by atoms with E-state index in [4.69, 9.17) is 5.26 Å². The summed E-state index contributed by atoms with van der Waals surface area (Å²) in [6.07, 6.45) is 1.11. The van der Waals surface area contributed by atoms with Crippen LogP contribution in [0.3, 0.4) is 0 Å². The summed E-state index contributed by atoms with van der Waals surface area (Å²) in [5, 5.41) is 11.0. The molecule has 0 saturated heterocycles. The maximum absolute atomic E-state index is 9.10. The number of benzene rings is 1. The maximum Gasteiger partial charge on any atom is 0.0999 e. The van der Waals surface area contributed by atoms with Gasteiger partial charge in [0.2, 0.25) is 0 Å². The van der Waals surface area contributed by atoms with Crippen molar-refractivity contribution in [2.45, 2.75) is 18.4 Å². The highest BCUT2D eigenvalue weighted by Crippen LogP contribution is 2.23. The van der Waals surface area contributed by atoms with Crippen molar-refractivity contribution in [1.29, 1.82) is 5.26 Å². The van der Waals surface area contributed by atoms with E-state index in [0.717, 1.165) is 28.1 Å². The van der Waals surface area contributed by atoms with Crippen LogP contribution in [0.4, 0.5) is 0 Å². The van der Waals surface area contributed by atoms with Crippen LogP contribution in [0.2, 0.25) is 0 Å². The van der Waals surface area contributed by atoms with Crippen molar-refractivity contribution in [3.05, 3.63) is 35.9 Å². The molecular weight excluding hydrogens is 216 g/mol. The van der Waals surface area contributed by atoms with E-state index in [1.54, 1.807) is 11.8 Å². The van der Waals surface area contributed by atoms with E-state index in [9.17, 15) is 0 Å². The van der Waals surface area contributed by atoms with Gasteiger partial charge >= 0.3 is 0 Å². The molecule has 1 heterocycles. The summed E-state index contributed by atoms with van der Waals surface area (Å²) in [6.45, 7) is 2.14. The predicted octanol–water partition coefficient (Wildman–Crippen LogP) is 3.61. The average molecular weight is 228 g/mol. The van der Waals surface area contributed by atoms with E-state index in [2.05, 4.69) is 18.0 Å². The summed E-state index contributed by atoms with van der Waals surface area (Å²) in [4.78, 5) is 4.53. The molecule has 1 aromatic heterocycles. The Bertz CT molecular complexity index is 543. The van der Waals surface area contributed by atoms with Crippen LogP contribution in [0, 0.1) is 11.3 Å². The molecule has 0 aliphatic carbocycles. The second kappa shape index (κ2) is 5.00. The lowest BCUT2D eigenvalue weighted by Gasteiger charge is -2.03. The van der Waals surface area contributed by atoms with E-state index < -0.39 is 0 Å². The second-order valence-electron chi connectivity index (χ2n) is 3.49. The highest BCUT2D eigenvalue weighted by atomic mass is 32.2. The highest BCUT2D eigenvalue weighted by molar-refractivity contribution is 7.99. The van der Waals surface area contributed by atoms with E-state index in [1.807, 2.05) is 30.3 Å². The molecule has 0 N–H and O–H groups in total. The molecule has 0 aliphatic rings. The molecule has 3 heteroatoms. The predicted molar refractivity (Wildman–Crippen MR) is 67.5 cm³/mol. The first-order valence-electron chi connectivity index (χ1n) is 5.28. The summed E-state index contributed by atoms with van der Waals surface area (Å²) >= 11 is 1.70. The minimum Gasteiger partial charge on any atom is -0.241 e. The molecule has 2 nitrogen and oxygen atoms in total. The van der Waals surface area contributed by atoms with Crippen molar-refractivity contribution in [3.8, 4) is 6.07 Å². The molecule has 2 rings (SSSR count). The number of rotatable bonds is 3.